The van der Waals surface area contributed by atoms with Crippen molar-refractivity contribution in [2.24, 2.45) is 5.73 Å². The van der Waals surface area contributed by atoms with Gasteiger partial charge in [-0.1, -0.05) is 13.0 Å². The molecule has 0 aliphatic rings. The minimum absolute atomic E-state index is 0.0676. The van der Waals surface area contributed by atoms with E-state index in [2.05, 4.69) is 6.58 Å². The molecule has 0 rings (SSSR count). The smallest absolute Gasteiger partial charge is 0.222 e. The van der Waals surface area contributed by atoms with Crippen LogP contribution in [0.1, 0.15) is 32.6 Å². The number of nitrogens with two attached hydrogens (primary N) is 1. The normalized spacial score (nSPS) is 9.67. The molecule has 0 unspecified atom stereocenters. The molecule has 0 aromatic heterocycles. The molecule has 2 amide bonds. The number of hydrogen-bond donors (Lipinski definition) is 1. The number of carbonyl (C=O) groups is 2. The minimum atomic E-state index is -0.353. The third-order valence-corrected chi connectivity index (χ3v) is 2.01. The van der Waals surface area contributed by atoms with Gasteiger partial charge in [-0.3, -0.25) is 9.59 Å². The zero-order valence-corrected chi connectivity index (χ0v) is 9.37. The van der Waals surface area contributed by atoms with Gasteiger partial charge in [0.2, 0.25) is 11.8 Å². The number of hydrogen-bond acceptors (Lipinski definition) is 2. The Morgan fingerprint density at radius 1 is 1.40 bits per heavy atom. The van der Waals surface area contributed by atoms with Crippen molar-refractivity contribution in [1.29, 1.82) is 0 Å². The molecule has 4 heteroatoms. The Hall–Kier alpha value is -1.32. The molecule has 0 aromatic carbocycles. The number of rotatable bonds is 8. The first kappa shape index (κ1) is 13.7. The van der Waals surface area contributed by atoms with Crippen LogP contribution in [0.25, 0.3) is 0 Å². The Balaban J connectivity index is 3.90. The lowest BCUT2D eigenvalue weighted by molar-refractivity contribution is -0.130. The van der Waals surface area contributed by atoms with Crippen LogP contribution in [0, 0.1) is 0 Å². The first-order valence-corrected chi connectivity index (χ1v) is 5.28. The number of primary amides is 1. The lowest BCUT2D eigenvalue weighted by Gasteiger charge is -2.20. The summed E-state index contributed by atoms with van der Waals surface area (Å²) in [5, 5.41) is 0. The molecule has 0 atom stereocenters. The fourth-order valence-corrected chi connectivity index (χ4v) is 1.32. The van der Waals surface area contributed by atoms with E-state index in [9.17, 15) is 9.59 Å². The van der Waals surface area contributed by atoms with Crippen LogP contribution in [0.2, 0.25) is 0 Å². The molecule has 0 aliphatic carbocycles. The highest BCUT2D eigenvalue weighted by Gasteiger charge is 2.10. The van der Waals surface area contributed by atoms with Crippen molar-refractivity contribution in [3.8, 4) is 0 Å². The van der Waals surface area contributed by atoms with Crippen LogP contribution in [-0.4, -0.2) is 29.8 Å². The molecule has 0 radical (unpaired) electrons. The Morgan fingerprint density at radius 3 is 2.53 bits per heavy atom. The molecule has 0 fully saturated rings. The number of amides is 2. The van der Waals surface area contributed by atoms with Gasteiger partial charge in [0.25, 0.3) is 0 Å². The molecule has 0 saturated carbocycles. The summed E-state index contributed by atoms with van der Waals surface area (Å²) < 4.78 is 0. The summed E-state index contributed by atoms with van der Waals surface area (Å²) in [6.45, 7) is 6.94. The summed E-state index contributed by atoms with van der Waals surface area (Å²) in [7, 11) is 0. The second-order valence-electron chi connectivity index (χ2n) is 3.45. The highest BCUT2D eigenvalue weighted by Crippen LogP contribution is 2.02. The van der Waals surface area contributed by atoms with Gasteiger partial charge in [-0.15, -0.1) is 6.58 Å². The lowest BCUT2D eigenvalue weighted by atomic mass is 10.2. The van der Waals surface area contributed by atoms with Crippen molar-refractivity contribution in [2.75, 3.05) is 13.1 Å². The molecule has 2 N–H and O–H groups in total. The molecule has 0 bridgehead atoms. The second-order valence-corrected chi connectivity index (χ2v) is 3.45. The predicted octanol–water partition coefficient (Wildman–Crippen LogP) is 1.07. The lowest BCUT2D eigenvalue weighted by Crippen LogP contribution is -2.31. The van der Waals surface area contributed by atoms with Crippen molar-refractivity contribution in [1.82, 2.24) is 4.90 Å². The minimum Gasteiger partial charge on any atom is -0.370 e. The van der Waals surface area contributed by atoms with E-state index < -0.39 is 0 Å². The van der Waals surface area contributed by atoms with Crippen LogP contribution >= 0.6 is 0 Å². The van der Waals surface area contributed by atoms with Crippen molar-refractivity contribution in [3.05, 3.63) is 12.7 Å². The van der Waals surface area contributed by atoms with Gasteiger partial charge in [0.15, 0.2) is 0 Å². The van der Waals surface area contributed by atoms with E-state index >= 15 is 0 Å². The average molecular weight is 212 g/mol. The van der Waals surface area contributed by atoms with E-state index in [0.29, 0.717) is 19.4 Å². The third kappa shape index (κ3) is 6.71. The van der Waals surface area contributed by atoms with Gasteiger partial charge >= 0.3 is 0 Å². The van der Waals surface area contributed by atoms with Crippen molar-refractivity contribution in [3.63, 3.8) is 0 Å². The largest absolute Gasteiger partial charge is 0.370 e. The Kier molecular flexibility index (Phi) is 7.32. The van der Waals surface area contributed by atoms with Gasteiger partial charge in [0.1, 0.15) is 0 Å². The van der Waals surface area contributed by atoms with Gasteiger partial charge < -0.3 is 10.6 Å². The summed E-state index contributed by atoms with van der Waals surface area (Å²) in [4.78, 5) is 23.9. The molecule has 86 valence electrons. The summed E-state index contributed by atoms with van der Waals surface area (Å²) in [5.41, 5.74) is 4.99. The second kappa shape index (κ2) is 8.03. The van der Waals surface area contributed by atoms with E-state index in [4.69, 9.17) is 5.73 Å². The first-order chi connectivity index (χ1) is 7.11. The highest BCUT2D eigenvalue weighted by molar-refractivity contribution is 5.78. The first-order valence-electron chi connectivity index (χ1n) is 5.28. The number of carbonyl (C=O) groups excluding carboxylic acids is 2. The summed E-state index contributed by atoms with van der Waals surface area (Å²) >= 11 is 0. The third-order valence-electron chi connectivity index (χ3n) is 2.01. The molecule has 0 aliphatic heterocycles. The van der Waals surface area contributed by atoms with E-state index in [1.54, 1.807) is 11.0 Å². The van der Waals surface area contributed by atoms with Crippen molar-refractivity contribution >= 4 is 11.8 Å². The molecule has 0 heterocycles. The predicted molar refractivity (Wildman–Crippen MR) is 60.1 cm³/mol. The van der Waals surface area contributed by atoms with Crippen LogP contribution in [-0.2, 0) is 9.59 Å². The zero-order chi connectivity index (χ0) is 11.7. The van der Waals surface area contributed by atoms with Gasteiger partial charge in [0, 0.05) is 25.9 Å². The molecular formula is C11H20N2O2. The zero-order valence-electron chi connectivity index (χ0n) is 9.37. The van der Waals surface area contributed by atoms with Crippen LogP contribution in [0.4, 0.5) is 0 Å². The van der Waals surface area contributed by atoms with Gasteiger partial charge in [-0.2, -0.15) is 0 Å². The summed E-state index contributed by atoms with van der Waals surface area (Å²) in [6, 6.07) is 0. The van der Waals surface area contributed by atoms with Crippen LogP contribution in [0.3, 0.4) is 0 Å². The number of nitrogens with zero attached hydrogens (tertiary/aromatic N) is 1. The maximum absolute atomic E-state index is 11.6. The maximum atomic E-state index is 11.6. The van der Waals surface area contributed by atoms with E-state index in [1.807, 2.05) is 6.92 Å². The monoisotopic (exact) mass is 212 g/mol. The van der Waals surface area contributed by atoms with E-state index in [0.717, 1.165) is 13.0 Å². The van der Waals surface area contributed by atoms with Gasteiger partial charge in [0.05, 0.1) is 0 Å². The maximum Gasteiger partial charge on any atom is 0.222 e. The van der Waals surface area contributed by atoms with Gasteiger partial charge in [-0.25, -0.2) is 0 Å². The van der Waals surface area contributed by atoms with E-state index in [-0.39, 0.29) is 18.2 Å². The molecule has 0 spiro atoms. The van der Waals surface area contributed by atoms with Crippen molar-refractivity contribution < 1.29 is 9.59 Å². The fourth-order valence-electron chi connectivity index (χ4n) is 1.32. The molecule has 4 nitrogen and oxygen atoms in total. The fraction of sp³-hybridized carbons (Fsp3) is 0.636. The summed E-state index contributed by atoms with van der Waals surface area (Å²) in [5.74, 6) is -0.286. The SMILES string of the molecule is C=CCN(CCC)C(=O)CCCC(N)=O. The Labute approximate surface area is 91.1 Å². The summed E-state index contributed by atoms with van der Waals surface area (Å²) in [6.07, 6.45) is 3.83. The Morgan fingerprint density at radius 2 is 2.07 bits per heavy atom. The average Bonchev–Trinajstić information content (AvgIpc) is 2.16. The standard InChI is InChI=1S/C11H20N2O2/c1-3-8-13(9-4-2)11(15)7-5-6-10(12)14/h3H,1,4-9H2,2H3,(H2,12,14). The van der Waals surface area contributed by atoms with E-state index in [1.165, 1.54) is 0 Å². The highest BCUT2D eigenvalue weighted by atomic mass is 16.2. The topological polar surface area (TPSA) is 63.4 Å². The van der Waals surface area contributed by atoms with Crippen LogP contribution < -0.4 is 5.73 Å². The van der Waals surface area contributed by atoms with Gasteiger partial charge in [-0.05, 0) is 12.8 Å². The molecular weight excluding hydrogens is 192 g/mol. The Bertz CT molecular complexity index is 227. The van der Waals surface area contributed by atoms with Crippen LogP contribution in [0.5, 0.6) is 0 Å². The molecule has 0 aromatic rings. The molecule has 15 heavy (non-hydrogen) atoms. The van der Waals surface area contributed by atoms with Crippen LogP contribution in [0.15, 0.2) is 12.7 Å². The van der Waals surface area contributed by atoms with Crippen molar-refractivity contribution in [2.45, 2.75) is 32.6 Å². The quantitative estimate of drug-likeness (QED) is 0.612. The molecule has 0 saturated heterocycles.